The van der Waals surface area contributed by atoms with Gasteiger partial charge in [0.2, 0.25) is 10.0 Å². The number of thioether (sulfide) groups is 1. The highest BCUT2D eigenvalue weighted by molar-refractivity contribution is 7.99. The second kappa shape index (κ2) is 7.28. The fraction of sp³-hybridized carbons (Fsp3) is 0.538. The van der Waals surface area contributed by atoms with E-state index in [-0.39, 0.29) is 15.5 Å². The van der Waals surface area contributed by atoms with Crippen LogP contribution in [0.2, 0.25) is 5.02 Å². The van der Waals surface area contributed by atoms with E-state index in [4.69, 9.17) is 16.7 Å². The van der Waals surface area contributed by atoms with Crippen molar-refractivity contribution < 1.29 is 17.9 Å². The van der Waals surface area contributed by atoms with Gasteiger partial charge in [0.1, 0.15) is 5.82 Å². The molecule has 0 radical (unpaired) electrons. The molecule has 118 valence electrons. The van der Waals surface area contributed by atoms with Gasteiger partial charge in [0, 0.05) is 12.1 Å². The molecular weight excluding hydrogens is 337 g/mol. The molecule has 0 aliphatic carbocycles. The normalized spacial score (nSPS) is 17.1. The topological polar surface area (TPSA) is 66.4 Å². The first-order valence-electron chi connectivity index (χ1n) is 6.60. The number of benzene rings is 1. The molecule has 1 heterocycles. The Hall–Kier alpha value is -0.340. The smallest absolute Gasteiger partial charge is 0.240 e. The van der Waals surface area contributed by atoms with Gasteiger partial charge in [-0.2, -0.15) is 11.8 Å². The predicted octanol–water partition coefficient (Wildman–Crippen LogP) is 2.39. The van der Waals surface area contributed by atoms with Gasteiger partial charge in [-0.15, -0.1) is 0 Å². The van der Waals surface area contributed by atoms with E-state index in [1.54, 1.807) is 0 Å². The number of aliphatic hydroxyl groups excluding tert-OH is 1. The van der Waals surface area contributed by atoms with Crippen LogP contribution in [-0.4, -0.2) is 31.6 Å². The van der Waals surface area contributed by atoms with Crippen molar-refractivity contribution in [3.8, 4) is 0 Å². The predicted molar refractivity (Wildman–Crippen MR) is 82.6 cm³/mol. The second-order valence-corrected chi connectivity index (χ2v) is 8.31. The zero-order chi connectivity index (χ0) is 15.5. The molecule has 2 N–H and O–H groups in total. The molecular formula is C13H17ClFNO3S2. The lowest BCUT2D eigenvalue weighted by Gasteiger charge is -2.21. The summed E-state index contributed by atoms with van der Waals surface area (Å²) in [5, 5.41) is 8.85. The molecule has 0 bridgehead atoms. The molecule has 1 fully saturated rings. The molecule has 1 aromatic carbocycles. The van der Waals surface area contributed by atoms with Crippen molar-refractivity contribution >= 4 is 33.4 Å². The van der Waals surface area contributed by atoms with Crippen LogP contribution < -0.4 is 4.72 Å². The Kier molecular flexibility index (Phi) is 5.90. The minimum absolute atomic E-state index is 0.0612. The summed E-state index contributed by atoms with van der Waals surface area (Å²) in [7, 11) is -3.80. The molecule has 1 saturated heterocycles. The van der Waals surface area contributed by atoms with Crippen LogP contribution in [0.4, 0.5) is 4.39 Å². The van der Waals surface area contributed by atoms with E-state index in [0.717, 1.165) is 30.4 Å². The molecule has 1 aliphatic rings. The molecule has 0 aromatic heterocycles. The Bertz CT molecular complexity index is 604. The summed E-state index contributed by atoms with van der Waals surface area (Å²) >= 11 is 7.53. The summed E-state index contributed by atoms with van der Waals surface area (Å²) in [5.41, 5.74) is 0.0612. The highest BCUT2D eigenvalue weighted by atomic mass is 35.5. The van der Waals surface area contributed by atoms with E-state index >= 15 is 0 Å². The summed E-state index contributed by atoms with van der Waals surface area (Å²) < 4.78 is 40.5. The van der Waals surface area contributed by atoms with Gasteiger partial charge in [0.25, 0.3) is 0 Å². The molecule has 21 heavy (non-hydrogen) atoms. The van der Waals surface area contributed by atoms with Crippen LogP contribution in [0.5, 0.6) is 0 Å². The van der Waals surface area contributed by atoms with E-state index in [1.807, 2.05) is 11.8 Å². The third kappa shape index (κ3) is 4.32. The summed E-state index contributed by atoms with van der Waals surface area (Å²) in [4.78, 5) is -0.210. The first-order valence-corrected chi connectivity index (χ1v) is 9.62. The maximum Gasteiger partial charge on any atom is 0.240 e. The van der Waals surface area contributed by atoms with Crippen LogP contribution >= 0.6 is 23.4 Å². The minimum Gasteiger partial charge on any atom is -0.392 e. The SMILES string of the molecule is O=S(=O)(NCC1CCSCC1)c1cc(F)c(Cl)c(CO)c1. The van der Waals surface area contributed by atoms with Gasteiger partial charge in [0.05, 0.1) is 16.5 Å². The zero-order valence-corrected chi connectivity index (χ0v) is 13.7. The quantitative estimate of drug-likeness (QED) is 0.853. The summed E-state index contributed by atoms with van der Waals surface area (Å²) in [6.45, 7) is -0.166. The Morgan fingerprint density at radius 3 is 2.67 bits per heavy atom. The molecule has 8 heteroatoms. The third-order valence-corrected chi connectivity index (χ3v) is 6.34. The van der Waals surface area contributed by atoms with Crippen molar-refractivity contribution in [1.82, 2.24) is 4.72 Å². The number of rotatable bonds is 5. The molecule has 1 aliphatic heterocycles. The van der Waals surface area contributed by atoms with Gasteiger partial charge in [0.15, 0.2) is 0 Å². The van der Waals surface area contributed by atoms with Crippen LogP contribution in [0.25, 0.3) is 0 Å². The number of sulfonamides is 1. The van der Waals surface area contributed by atoms with E-state index in [1.165, 1.54) is 6.07 Å². The van der Waals surface area contributed by atoms with E-state index in [0.29, 0.717) is 12.5 Å². The van der Waals surface area contributed by atoms with Crippen molar-refractivity contribution in [2.45, 2.75) is 24.3 Å². The highest BCUT2D eigenvalue weighted by Crippen LogP contribution is 2.25. The third-order valence-electron chi connectivity index (χ3n) is 3.46. The molecule has 0 amide bonds. The maximum absolute atomic E-state index is 13.6. The monoisotopic (exact) mass is 353 g/mol. The second-order valence-electron chi connectivity index (χ2n) is 4.94. The molecule has 0 saturated carbocycles. The number of aliphatic hydroxyl groups is 1. The van der Waals surface area contributed by atoms with Gasteiger partial charge < -0.3 is 5.11 Å². The Morgan fingerprint density at radius 1 is 1.38 bits per heavy atom. The average molecular weight is 354 g/mol. The fourth-order valence-corrected chi connectivity index (χ4v) is 4.70. The Morgan fingerprint density at radius 2 is 2.05 bits per heavy atom. The fourth-order valence-electron chi connectivity index (χ4n) is 2.15. The molecule has 0 atom stereocenters. The number of hydrogen-bond donors (Lipinski definition) is 2. The Balaban J connectivity index is 2.13. The van der Waals surface area contributed by atoms with Crippen LogP contribution in [0.1, 0.15) is 18.4 Å². The van der Waals surface area contributed by atoms with Crippen LogP contribution in [0.15, 0.2) is 17.0 Å². The van der Waals surface area contributed by atoms with Gasteiger partial charge in [-0.05, 0) is 42.4 Å². The van der Waals surface area contributed by atoms with Crippen molar-refractivity contribution in [2.24, 2.45) is 5.92 Å². The van der Waals surface area contributed by atoms with Crippen LogP contribution in [0.3, 0.4) is 0 Å². The molecule has 2 rings (SSSR count). The lowest BCUT2D eigenvalue weighted by atomic mass is 10.0. The Labute approximate surface area is 133 Å². The van der Waals surface area contributed by atoms with Crippen molar-refractivity contribution in [1.29, 1.82) is 0 Å². The molecule has 4 nitrogen and oxygen atoms in total. The number of hydrogen-bond acceptors (Lipinski definition) is 4. The average Bonchev–Trinajstić information content (AvgIpc) is 2.49. The van der Waals surface area contributed by atoms with Crippen molar-refractivity contribution in [3.63, 3.8) is 0 Å². The van der Waals surface area contributed by atoms with Gasteiger partial charge >= 0.3 is 0 Å². The summed E-state index contributed by atoms with van der Waals surface area (Å²) in [6, 6.07) is 2.07. The van der Waals surface area contributed by atoms with Crippen molar-refractivity contribution in [2.75, 3.05) is 18.1 Å². The van der Waals surface area contributed by atoms with Gasteiger partial charge in [-0.1, -0.05) is 11.6 Å². The maximum atomic E-state index is 13.6. The molecule has 1 aromatic rings. The summed E-state index contributed by atoms with van der Waals surface area (Å²) in [6.07, 6.45) is 1.95. The highest BCUT2D eigenvalue weighted by Gasteiger charge is 2.21. The van der Waals surface area contributed by atoms with E-state index < -0.39 is 22.4 Å². The van der Waals surface area contributed by atoms with Crippen LogP contribution in [-0.2, 0) is 16.6 Å². The first kappa shape index (κ1) is 17.0. The van der Waals surface area contributed by atoms with E-state index in [2.05, 4.69) is 4.72 Å². The molecule has 0 unspecified atom stereocenters. The minimum atomic E-state index is -3.80. The van der Waals surface area contributed by atoms with E-state index in [9.17, 15) is 12.8 Å². The van der Waals surface area contributed by atoms with Crippen molar-refractivity contribution in [3.05, 3.63) is 28.5 Å². The lowest BCUT2D eigenvalue weighted by molar-refractivity contribution is 0.281. The molecule has 0 spiro atoms. The standard InChI is InChI=1S/C13H17ClFNO3S2/c14-13-10(8-17)5-11(6-12(13)15)21(18,19)16-7-9-1-3-20-4-2-9/h5-6,9,16-17H,1-4,7-8H2. The number of nitrogens with one attached hydrogen (secondary N) is 1. The summed E-state index contributed by atoms with van der Waals surface area (Å²) in [5.74, 6) is 1.54. The first-order chi connectivity index (χ1) is 9.94. The lowest BCUT2D eigenvalue weighted by Crippen LogP contribution is -2.31. The largest absolute Gasteiger partial charge is 0.392 e. The van der Waals surface area contributed by atoms with Gasteiger partial charge in [-0.25, -0.2) is 17.5 Å². The van der Waals surface area contributed by atoms with Gasteiger partial charge in [-0.3, -0.25) is 0 Å². The van der Waals surface area contributed by atoms with Crippen LogP contribution in [0, 0.1) is 11.7 Å². The number of halogens is 2. The zero-order valence-electron chi connectivity index (χ0n) is 11.3.